The van der Waals surface area contributed by atoms with Crippen molar-refractivity contribution in [1.29, 1.82) is 0 Å². The molecule has 4 rings (SSSR count). The van der Waals surface area contributed by atoms with Gasteiger partial charge in [-0.1, -0.05) is 91.3 Å². The number of nitrogens with zero attached hydrogens (tertiary/aromatic N) is 2. The molecule has 230 valence electrons. The Morgan fingerprint density at radius 2 is 1.50 bits per heavy atom. The van der Waals surface area contributed by atoms with E-state index in [4.69, 9.17) is 4.74 Å². The Morgan fingerprint density at radius 1 is 0.841 bits per heavy atom. The van der Waals surface area contributed by atoms with E-state index < -0.39 is 28.5 Å². The minimum Gasteiger partial charge on any atom is -0.497 e. The second-order valence-electron chi connectivity index (χ2n) is 10.5. The fourth-order valence-electron chi connectivity index (χ4n) is 4.94. The standard InChI is InChI=1S/C35H39N3O5S/c1-4-21-36-35(40)33(23-28-14-7-5-8-15-28)37(25-29-16-11-13-27(2)22-29)34(39)26-38(30-17-12-18-31(24-30)43-3)44(41,42)32-19-9-6-10-20-32/h5-20,22,24,33H,4,21,23,25-26H2,1-3H3,(H,36,40). The fraction of sp³-hybridized carbons (Fsp3) is 0.257. The molecule has 2 amide bonds. The number of rotatable bonds is 14. The number of ether oxygens (including phenoxy) is 1. The Morgan fingerprint density at radius 3 is 2.16 bits per heavy atom. The van der Waals surface area contributed by atoms with Crippen LogP contribution in [0.5, 0.6) is 5.75 Å². The van der Waals surface area contributed by atoms with E-state index in [0.29, 0.717) is 12.3 Å². The van der Waals surface area contributed by atoms with Gasteiger partial charge in [-0.05, 0) is 48.7 Å². The second-order valence-corrected chi connectivity index (χ2v) is 12.4. The van der Waals surface area contributed by atoms with E-state index in [0.717, 1.165) is 27.4 Å². The lowest BCUT2D eigenvalue weighted by Gasteiger charge is -2.34. The van der Waals surface area contributed by atoms with Crippen molar-refractivity contribution in [3.63, 3.8) is 0 Å². The maximum absolute atomic E-state index is 14.5. The molecule has 0 radical (unpaired) electrons. The molecule has 0 fully saturated rings. The van der Waals surface area contributed by atoms with Crippen LogP contribution in [0.3, 0.4) is 0 Å². The third-order valence-corrected chi connectivity index (χ3v) is 9.00. The topological polar surface area (TPSA) is 96.0 Å². The summed E-state index contributed by atoms with van der Waals surface area (Å²) in [5.41, 5.74) is 2.99. The van der Waals surface area contributed by atoms with Crippen molar-refractivity contribution in [3.05, 3.63) is 126 Å². The minimum absolute atomic E-state index is 0.0439. The van der Waals surface area contributed by atoms with Crippen molar-refractivity contribution in [1.82, 2.24) is 10.2 Å². The predicted octanol–water partition coefficient (Wildman–Crippen LogP) is 5.37. The number of amides is 2. The number of benzene rings is 4. The summed E-state index contributed by atoms with van der Waals surface area (Å²) in [6, 6.07) is 30.9. The maximum Gasteiger partial charge on any atom is 0.264 e. The molecule has 1 N–H and O–H groups in total. The van der Waals surface area contributed by atoms with Crippen LogP contribution in [0.25, 0.3) is 0 Å². The Bertz CT molecular complexity index is 1650. The number of hydrogen-bond acceptors (Lipinski definition) is 5. The first-order chi connectivity index (χ1) is 21.2. The summed E-state index contributed by atoms with van der Waals surface area (Å²) in [5, 5.41) is 2.96. The molecule has 0 aliphatic heterocycles. The number of carbonyl (C=O) groups excluding carboxylic acids is 2. The largest absolute Gasteiger partial charge is 0.497 e. The number of hydrogen-bond donors (Lipinski definition) is 1. The predicted molar refractivity (Wildman–Crippen MR) is 173 cm³/mol. The third kappa shape index (κ3) is 8.26. The van der Waals surface area contributed by atoms with Crippen LogP contribution in [0.15, 0.2) is 114 Å². The van der Waals surface area contributed by atoms with Crippen LogP contribution >= 0.6 is 0 Å². The molecule has 0 bridgehead atoms. The molecular weight excluding hydrogens is 574 g/mol. The maximum atomic E-state index is 14.5. The van der Waals surface area contributed by atoms with E-state index in [-0.39, 0.29) is 29.5 Å². The molecule has 44 heavy (non-hydrogen) atoms. The Balaban J connectivity index is 1.80. The highest BCUT2D eigenvalue weighted by atomic mass is 32.2. The molecule has 0 aliphatic rings. The molecule has 8 nitrogen and oxygen atoms in total. The summed E-state index contributed by atoms with van der Waals surface area (Å²) >= 11 is 0. The van der Waals surface area contributed by atoms with Crippen LogP contribution < -0.4 is 14.4 Å². The smallest absolute Gasteiger partial charge is 0.264 e. The van der Waals surface area contributed by atoms with Gasteiger partial charge in [-0.25, -0.2) is 8.42 Å². The van der Waals surface area contributed by atoms with Crippen molar-refractivity contribution in [2.75, 3.05) is 24.5 Å². The van der Waals surface area contributed by atoms with Gasteiger partial charge >= 0.3 is 0 Å². The van der Waals surface area contributed by atoms with E-state index in [1.54, 1.807) is 42.5 Å². The number of aryl methyl sites for hydroxylation is 1. The van der Waals surface area contributed by atoms with Gasteiger partial charge in [0.2, 0.25) is 11.8 Å². The number of sulfonamides is 1. The van der Waals surface area contributed by atoms with Crippen LogP contribution in [0.2, 0.25) is 0 Å². The molecule has 0 aliphatic carbocycles. The van der Waals surface area contributed by atoms with Crippen molar-refractivity contribution >= 4 is 27.5 Å². The zero-order chi connectivity index (χ0) is 31.5. The van der Waals surface area contributed by atoms with Gasteiger partial charge in [0.15, 0.2) is 0 Å². The third-order valence-electron chi connectivity index (χ3n) is 7.21. The van der Waals surface area contributed by atoms with Crippen LogP contribution in [0.1, 0.15) is 30.0 Å². The second kappa shape index (κ2) is 15.2. The van der Waals surface area contributed by atoms with Crippen LogP contribution in [0.4, 0.5) is 5.69 Å². The highest BCUT2D eigenvalue weighted by Crippen LogP contribution is 2.28. The Kier molecular flexibility index (Phi) is 11.2. The first-order valence-electron chi connectivity index (χ1n) is 14.6. The lowest BCUT2D eigenvalue weighted by atomic mass is 10.0. The van der Waals surface area contributed by atoms with Crippen molar-refractivity contribution < 1.29 is 22.7 Å². The molecular formula is C35H39N3O5S. The van der Waals surface area contributed by atoms with Crippen molar-refractivity contribution in [3.8, 4) is 5.75 Å². The van der Waals surface area contributed by atoms with Crippen molar-refractivity contribution in [2.45, 2.75) is 44.2 Å². The SMILES string of the molecule is CCCNC(=O)C(Cc1ccccc1)N(Cc1cccc(C)c1)C(=O)CN(c1cccc(OC)c1)S(=O)(=O)c1ccccc1. The Hall–Kier alpha value is -4.63. The normalized spacial score (nSPS) is 11.8. The van der Waals surface area contributed by atoms with Gasteiger partial charge in [-0.2, -0.15) is 0 Å². The summed E-state index contributed by atoms with van der Waals surface area (Å²) in [5.74, 6) is -0.363. The number of nitrogens with one attached hydrogen (secondary N) is 1. The van der Waals surface area contributed by atoms with Gasteiger partial charge in [0.25, 0.3) is 10.0 Å². The highest BCUT2D eigenvalue weighted by molar-refractivity contribution is 7.92. The first-order valence-corrected chi connectivity index (χ1v) is 16.1. The number of methoxy groups -OCH3 is 1. The molecule has 1 unspecified atom stereocenters. The van der Waals surface area contributed by atoms with E-state index in [1.165, 1.54) is 24.1 Å². The first kappa shape index (κ1) is 32.3. The van der Waals surface area contributed by atoms with Gasteiger partial charge in [-0.3, -0.25) is 13.9 Å². The van der Waals surface area contributed by atoms with Gasteiger partial charge in [0.05, 0.1) is 17.7 Å². The summed E-state index contributed by atoms with van der Waals surface area (Å²) in [7, 11) is -2.68. The monoisotopic (exact) mass is 613 g/mol. The average Bonchev–Trinajstić information content (AvgIpc) is 3.04. The quantitative estimate of drug-likeness (QED) is 0.207. The lowest BCUT2D eigenvalue weighted by Crippen LogP contribution is -2.53. The number of anilines is 1. The molecule has 0 saturated carbocycles. The van der Waals surface area contributed by atoms with Gasteiger partial charge in [0, 0.05) is 25.6 Å². The summed E-state index contributed by atoms with van der Waals surface area (Å²) in [6.45, 7) is 3.97. The van der Waals surface area contributed by atoms with E-state index in [2.05, 4.69) is 5.32 Å². The van der Waals surface area contributed by atoms with E-state index >= 15 is 0 Å². The zero-order valence-corrected chi connectivity index (χ0v) is 26.2. The molecule has 4 aromatic rings. The van der Waals surface area contributed by atoms with Crippen molar-refractivity contribution in [2.24, 2.45) is 0 Å². The van der Waals surface area contributed by atoms with Gasteiger partial charge in [0.1, 0.15) is 18.3 Å². The lowest BCUT2D eigenvalue weighted by molar-refractivity contribution is -0.140. The van der Waals surface area contributed by atoms with Crippen LogP contribution in [-0.4, -0.2) is 51.4 Å². The molecule has 9 heteroatoms. The molecule has 0 spiro atoms. The van der Waals surface area contributed by atoms with Gasteiger partial charge in [-0.15, -0.1) is 0 Å². The average molecular weight is 614 g/mol. The molecule has 0 saturated heterocycles. The van der Waals surface area contributed by atoms with E-state index in [1.807, 2.05) is 68.4 Å². The fourth-order valence-corrected chi connectivity index (χ4v) is 6.37. The summed E-state index contributed by atoms with van der Waals surface area (Å²) in [4.78, 5) is 29.7. The molecule has 0 aromatic heterocycles. The van der Waals surface area contributed by atoms with Crippen LogP contribution in [-0.2, 0) is 32.6 Å². The minimum atomic E-state index is -4.18. The molecule has 4 aromatic carbocycles. The zero-order valence-electron chi connectivity index (χ0n) is 25.3. The van der Waals surface area contributed by atoms with Gasteiger partial charge < -0.3 is 15.0 Å². The Labute approximate surface area is 260 Å². The number of carbonyl (C=O) groups is 2. The molecule has 1 atom stereocenters. The molecule has 0 heterocycles. The highest BCUT2D eigenvalue weighted by Gasteiger charge is 2.34. The summed E-state index contributed by atoms with van der Waals surface area (Å²) in [6.07, 6.45) is 0.993. The van der Waals surface area contributed by atoms with E-state index in [9.17, 15) is 18.0 Å². The van der Waals surface area contributed by atoms with Crippen LogP contribution in [0, 0.1) is 6.92 Å². The summed E-state index contributed by atoms with van der Waals surface area (Å²) < 4.78 is 34.6.